The van der Waals surface area contributed by atoms with Crippen LogP contribution in [0.25, 0.3) is 0 Å². The summed E-state index contributed by atoms with van der Waals surface area (Å²) in [4.78, 5) is 23.8. The van der Waals surface area contributed by atoms with Crippen molar-refractivity contribution < 1.29 is 14.7 Å². The van der Waals surface area contributed by atoms with Gasteiger partial charge in [-0.15, -0.1) is 10.2 Å². The summed E-state index contributed by atoms with van der Waals surface area (Å²) in [7, 11) is 0. The monoisotopic (exact) mass is 211 g/mol. The van der Waals surface area contributed by atoms with E-state index < -0.39 is 17.9 Å². The number of carbonyl (C=O) groups is 2. The van der Waals surface area contributed by atoms with Crippen molar-refractivity contribution in [2.24, 2.45) is 0 Å². The molecule has 1 aliphatic rings. The Morgan fingerprint density at radius 1 is 1.53 bits per heavy atom. The molecule has 0 unspecified atom stereocenters. The fourth-order valence-corrected chi connectivity index (χ4v) is 1.65. The number of aromatic nitrogens is 4. The number of rotatable bonds is 2. The van der Waals surface area contributed by atoms with Crippen LogP contribution >= 0.6 is 0 Å². The first kappa shape index (κ1) is 9.56. The van der Waals surface area contributed by atoms with Gasteiger partial charge in [-0.2, -0.15) is 5.21 Å². The van der Waals surface area contributed by atoms with Gasteiger partial charge in [0.1, 0.15) is 6.04 Å². The molecule has 0 aliphatic carbocycles. The minimum Gasteiger partial charge on any atom is -0.480 e. The lowest BCUT2D eigenvalue weighted by atomic mass is 10.2. The zero-order valence-corrected chi connectivity index (χ0v) is 7.75. The van der Waals surface area contributed by atoms with Crippen LogP contribution in [0.3, 0.4) is 0 Å². The van der Waals surface area contributed by atoms with Crippen molar-refractivity contribution in [1.82, 2.24) is 25.5 Å². The Morgan fingerprint density at radius 2 is 2.33 bits per heavy atom. The zero-order valence-electron chi connectivity index (χ0n) is 7.75. The van der Waals surface area contributed by atoms with Crippen molar-refractivity contribution >= 4 is 11.9 Å². The third-order valence-corrected chi connectivity index (χ3v) is 2.34. The maximum absolute atomic E-state index is 11.7. The van der Waals surface area contributed by atoms with Crippen molar-refractivity contribution in [2.75, 3.05) is 6.54 Å². The van der Waals surface area contributed by atoms with Gasteiger partial charge in [0.05, 0.1) is 0 Å². The van der Waals surface area contributed by atoms with Crippen LogP contribution in [-0.4, -0.2) is 55.1 Å². The summed E-state index contributed by atoms with van der Waals surface area (Å²) in [6.07, 6.45) is 1.15. The number of likely N-dealkylation sites (tertiary alicyclic amines) is 1. The van der Waals surface area contributed by atoms with E-state index in [1.807, 2.05) is 0 Å². The predicted molar refractivity (Wildman–Crippen MR) is 45.9 cm³/mol. The molecular formula is C7H9N5O3. The predicted octanol–water partition coefficient (Wildman–Crippen LogP) is -1.11. The smallest absolute Gasteiger partial charge is 0.326 e. The van der Waals surface area contributed by atoms with Gasteiger partial charge >= 0.3 is 5.97 Å². The first-order valence-corrected chi connectivity index (χ1v) is 4.47. The second-order valence-corrected chi connectivity index (χ2v) is 3.23. The number of aliphatic carboxylic acids is 1. The topological polar surface area (TPSA) is 112 Å². The SMILES string of the molecule is O=C(O)[C@H]1CCCN1C(=O)c1nn[nH]n1. The van der Waals surface area contributed by atoms with Crippen LogP contribution in [0, 0.1) is 0 Å². The van der Waals surface area contributed by atoms with Crippen molar-refractivity contribution in [3.8, 4) is 0 Å². The highest BCUT2D eigenvalue weighted by molar-refractivity contribution is 5.93. The molecule has 1 fully saturated rings. The molecule has 1 atom stereocenters. The van der Waals surface area contributed by atoms with Crippen LogP contribution < -0.4 is 0 Å². The number of amides is 1. The van der Waals surface area contributed by atoms with Gasteiger partial charge in [-0.25, -0.2) is 4.79 Å². The van der Waals surface area contributed by atoms with E-state index >= 15 is 0 Å². The fourth-order valence-electron chi connectivity index (χ4n) is 1.65. The fraction of sp³-hybridized carbons (Fsp3) is 0.571. The molecule has 0 radical (unpaired) electrons. The van der Waals surface area contributed by atoms with Gasteiger partial charge in [-0.1, -0.05) is 0 Å². The number of nitrogens with one attached hydrogen (secondary N) is 1. The molecule has 8 nitrogen and oxygen atoms in total. The molecular weight excluding hydrogens is 202 g/mol. The molecule has 80 valence electrons. The lowest BCUT2D eigenvalue weighted by Gasteiger charge is -2.19. The van der Waals surface area contributed by atoms with E-state index in [2.05, 4.69) is 20.6 Å². The Balaban J connectivity index is 2.17. The second-order valence-electron chi connectivity index (χ2n) is 3.23. The molecule has 8 heteroatoms. The third kappa shape index (κ3) is 1.65. The first-order chi connectivity index (χ1) is 7.20. The Morgan fingerprint density at radius 3 is 2.93 bits per heavy atom. The number of nitrogens with zero attached hydrogens (tertiary/aromatic N) is 4. The average molecular weight is 211 g/mol. The second kappa shape index (κ2) is 3.64. The van der Waals surface area contributed by atoms with Gasteiger partial charge in [0.25, 0.3) is 11.7 Å². The van der Waals surface area contributed by atoms with E-state index in [1.54, 1.807) is 0 Å². The number of tetrazole rings is 1. The first-order valence-electron chi connectivity index (χ1n) is 4.47. The van der Waals surface area contributed by atoms with E-state index in [1.165, 1.54) is 4.90 Å². The Kier molecular flexibility index (Phi) is 2.32. The Labute approximate surface area is 84.3 Å². The van der Waals surface area contributed by atoms with Gasteiger partial charge in [0, 0.05) is 6.54 Å². The number of H-pyrrole nitrogens is 1. The summed E-state index contributed by atoms with van der Waals surface area (Å²) in [6.45, 7) is 0.421. The largest absolute Gasteiger partial charge is 0.480 e. The lowest BCUT2D eigenvalue weighted by molar-refractivity contribution is -0.141. The van der Waals surface area contributed by atoms with Gasteiger partial charge in [-0.05, 0) is 18.1 Å². The number of carbonyl (C=O) groups excluding carboxylic acids is 1. The lowest BCUT2D eigenvalue weighted by Crippen LogP contribution is -2.40. The number of carboxylic acids is 1. The normalized spacial score (nSPS) is 20.5. The van der Waals surface area contributed by atoms with Crippen molar-refractivity contribution in [3.63, 3.8) is 0 Å². The van der Waals surface area contributed by atoms with E-state index in [9.17, 15) is 9.59 Å². The molecule has 0 aromatic carbocycles. The van der Waals surface area contributed by atoms with E-state index in [0.29, 0.717) is 19.4 Å². The summed E-state index contributed by atoms with van der Waals surface area (Å²) in [6, 6.07) is -0.768. The van der Waals surface area contributed by atoms with Crippen LogP contribution in [0.1, 0.15) is 23.5 Å². The van der Waals surface area contributed by atoms with E-state index in [0.717, 1.165) is 0 Å². The third-order valence-electron chi connectivity index (χ3n) is 2.34. The number of hydrogen-bond acceptors (Lipinski definition) is 5. The molecule has 2 N–H and O–H groups in total. The molecule has 15 heavy (non-hydrogen) atoms. The maximum Gasteiger partial charge on any atom is 0.326 e. The highest BCUT2D eigenvalue weighted by atomic mass is 16.4. The quantitative estimate of drug-likeness (QED) is 0.641. The molecule has 1 aromatic rings. The summed E-state index contributed by atoms with van der Waals surface area (Å²) in [5.41, 5.74) is 0. The summed E-state index contributed by atoms with van der Waals surface area (Å²) < 4.78 is 0. The highest BCUT2D eigenvalue weighted by Gasteiger charge is 2.35. The molecule has 2 rings (SSSR count). The standard InChI is InChI=1S/C7H9N5O3/c13-6(5-8-10-11-9-5)12-3-1-2-4(12)7(14)15/h4H,1-3H2,(H,14,15)(H,8,9,10,11)/t4-/m1/s1. The molecule has 2 heterocycles. The van der Waals surface area contributed by atoms with Gasteiger partial charge in [0.2, 0.25) is 0 Å². The summed E-state index contributed by atoms with van der Waals surface area (Å²) in [5.74, 6) is -1.58. The van der Waals surface area contributed by atoms with Crippen LogP contribution in [0.15, 0.2) is 0 Å². The van der Waals surface area contributed by atoms with Crippen LogP contribution in [-0.2, 0) is 4.79 Å². The van der Waals surface area contributed by atoms with E-state index in [4.69, 9.17) is 5.11 Å². The molecule has 0 saturated carbocycles. The molecule has 0 spiro atoms. The van der Waals surface area contributed by atoms with Crippen LogP contribution in [0.2, 0.25) is 0 Å². The van der Waals surface area contributed by atoms with Crippen molar-refractivity contribution in [3.05, 3.63) is 5.82 Å². The molecule has 1 aromatic heterocycles. The molecule has 0 bridgehead atoms. The van der Waals surface area contributed by atoms with Gasteiger partial charge in [-0.3, -0.25) is 4.79 Å². The molecule has 1 saturated heterocycles. The Bertz CT molecular complexity index is 376. The van der Waals surface area contributed by atoms with Gasteiger partial charge < -0.3 is 10.0 Å². The van der Waals surface area contributed by atoms with Crippen LogP contribution in [0.4, 0.5) is 0 Å². The minimum absolute atomic E-state index is 0.0943. The van der Waals surface area contributed by atoms with Crippen molar-refractivity contribution in [2.45, 2.75) is 18.9 Å². The maximum atomic E-state index is 11.7. The summed E-state index contributed by atoms with van der Waals surface area (Å²) in [5, 5.41) is 21.3. The number of hydrogen-bond donors (Lipinski definition) is 2. The van der Waals surface area contributed by atoms with Crippen molar-refractivity contribution in [1.29, 1.82) is 0 Å². The number of carboxylic acid groups (broad SMARTS) is 1. The van der Waals surface area contributed by atoms with E-state index in [-0.39, 0.29) is 5.82 Å². The van der Waals surface area contributed by atoms with Gasteiger partial charge in [0.15, 0.2) is 0 Å². The Hall–Kier alpha value is -1.99. The number of aromatic amines is 1. The highest BCUT2D eigenvalue weighted by Crippen LogP contribution is 2.18. The zero-order chi connectivity index (χ0) is 10.8. The van der Waals surface area contributed by atoms with Crippen LogP contribution in [0.5, 0.6) is 0 Å². The average Bonchev–Trinajstić information content (AvgIpc) is 2.88. The molecule has 1 amide bonds. The summed E-state index contributed by atoms with van der Waals surface area (Å²) >= 11 is 0. The minimum atomic E-state index is -0.996. The molecule has 1 aliphatic heterocycles.